The molecule has 0 bridgehead atoms. The molecule has 0 aliphatic carbocycles. The Hall–Kier alpha value is -0.120. The number of nitrogens with one attached hydrogen (secondary N) is 2. The van der Waals surface area contributed by atoms with E-state index in [1.807, 2.05) is 0 Å². The van der Waals surface area contributed by atoms with Crippen LogP contribution in [-0.4, -0.2) is 37.4 Å². The maximum atomic E-state index is 6.26. The predicted molar refractivity (Wildman–Crippen MR) is 84.8 cm³/mol. The van der Waals surface area contributed by atoms with Crippen molar-refractivity contribution in [1.82, 2.24) is 10.6 Å². The first-order valence-electron chi connectivity index (χ1n) is 7.94. The molecule has 0 amide bonds. The molecule has 0 aromatic carbocycles. The molecule has 0 spiro atoms. The van der Waals surface area contributed by atoms with E-state index in [0.29, 0.717) is 0 Å². The lowest BCUT2D eigenvalue weighted by molar-refractivity contribution is -0.118. The quantitative estimate of drug-likeness (QED) is 0.535. The average molecular weight is 272 g/mol. The molecule has 0 fully saturated rings. The van der Waals surface area contributed by atoms with Gasteiger partial charge in [-0.3, -0.25) is 0 Å². The predicted octanol–water partition coefficient (Wildman–Crippen LogP) is 3.34. The molecule has 0 heterocycles. The van der Waals surface area contributed by atoms with Crippen LogP contribution in [-0.2, 0) is 4.74 Å². The fourth-order valence-corrected chi connectivity index (χ4v) is 2.20. The van der Waals surface area contributed by atoms with E-state index < -0.39 is 0 Å². The van der Waals surface area contributed by atoms with Crippen LogP contribution in [0.4, 0.5) is 0 Å². The van der Waals surface area contributed by atoms with Gasteiger partial charge in [-0.2, -0.15) is 0 Å². The maximum absolute atomic E-state index is 6.26. The molecule has 0 saturated carbocycles. The topological polar surface area (TPSA) is 33.3 Å². The second kappa shape index (κ2) is 9.73. The first-order chi connectivity index (χ1) is 8.83. The summed E-state index contributed by atoms with van der Waals surface area (Å²) in [6.07, 6.45) is 4.94. The van der Waals surface area contributed by atoms with Gasteiger partial charge in [0, 0.05) is 13.1 Å². The van der Waals surface area contributed by atoms with Gasteiger partial charge < -0.3 is 15.4 Å². The van der Waals surface area contributed by atoms with Gasteiger partial charge in [-0.25, -0.2) is 0 Å². The molecule has 2 N–H and O–H groups in total. The molecule has 0 aliphatic heterocycles. The Kier molecular flexibility index (Phi) is 9.67. The first kappa shape index (κ1) is 18.9. The highest BCUT2D eigenvalue weighted by Gasteiger charge is 2.28. The summed E-state index contributed by atoms with van der Waals surface area (Å²) >= 11 is 0. The number of unbranched alkanes of at least 4 members (excludes halogenated alkanes) is 2. The molecule has 0 unspecified atom stereocenters. The molecular weight excluding hydrogens is 236 g/mol. The van der Waals surface area contributed by atoms with Crippen molar-refractivity contribution < 1.29 is 4.74 Å². The van der Waals surface area contributed by atoms with Crippen molar-refractivity contribution in [3.63, 3.8) is 0 Å². The molecule has 19 heavy (non-hydrogen) atoms. The Morgan fingerprint density at radius 3 is 1.42 bits per heavy atom. The molecule has 0 rings (SSSR count). The molecular formula is C16H36N2O. The Morgan fingerprint density at radius 1 is 0.737 bits per heavy atom. The summed E-state index contributed by atoms with van der Waals surface area (Å²) in [5, 5.41) is 6.96. The first-order valence-corrected chi connectivity index (χ1v) is 7.94. The van der Waals surface area contributed by atoms with Gasteiger partial charge in [0.1, 0.15) is 0 Å². The summed E-state index contributed by atoms with van der Waals surface area (Å²) in [5.41, 5.74) is -0.243. The lowest BCUT2D eigenvalue weighted by Crippen LogP contribution is -2.48. The number of rotatable bonds is 12. The fraction of sp³-hybridized carbons (Fsp3) is 1.00. The smallest absolute Gasteiger partial charge is 0.0758 e. The third-order valence-corrected chi connectivity index (χ3v) is 3.07. The number of ether oxygens (including phenoxy) is 1. The molecule has 116 valence electrons. The number of hydrogen-bond acceptors (Lipinski definition) is 3. The summed E-state index contributed by atoms with van der Waals surface area (Å²) in [4.78, 5) is 0. The zero-order chi connectivity index (χ0) is 14.8. The molecule has 3 nitrogen and oxygen atoms in total. The highest BCUT2D eigenvalue weighted by molar-refractivity contribution is 4.81. The van der Waals surface area contributed by atoms with E-state index in [4.69, 9.17) is 4.74 Å². The summed E-state index contributed by atoms with van der Waals surface area (Å²) < 4.78 is 6.26. The highest BCUT2D eigenvalue weighted by atomic mass is 16.5. The normalized spacial score (nSPS) is 12.9. The van der Waals surface area contributed by atoms with Crippen molar-refractivity contribution in [2.45, 2.75) is 78.4 Å². The molecule has 0 saturated heterocycles. The zero-order valence-electron chi connectivity index (χ0n) is 14.1. The van der Waals surface area contributed by atoms with Crippen LogP contribution in [0.1, 0.15) is 67.2 Å². The largest absolute Gasteiger partial charge is 0.367 e. The average Bonchev–Trinajstić information content (AvgIpc) is 2.29. The molecule has 0 atom stereocenters. The van der Waals surface area contributed by atoms with Crippen molar-refractivity contribution in [3.05, 3.63) is 0 Å². The summed E-state index contributed by atoms with van der Waals surface area (Å²) in [7, 11) is 0. The summed E-state index contributed by atoms with van der Waals surface area (Å²) in [5.74, 6) is 0. The van der Waals surface area contributed by atoms with Gasteiger partial charge in [-0.15, -0.1) is 0 Å². The van der Waals surface area contributed by atoms with E-state index in [-0.39, 0.29) is 11.2 Å². The lowest BCUT2D eigenvalue weighted by atomic mass is 10.0. The van der Waals surface area contributed by atoms with Gasteiger partial charge in [0.25, 0.3) is 0 Å². The van der Waals surface area contributed by atoms with Gasteiger partial charge >= 0.3 is 0 Å². The lowest BCUT2D eigenvalue weighted by Gasteiger charge is -2.36. The molecule has 3 heteroatoms. The SMILES string of the molecule is CCCCNCC(C)(C)OC(C)(C)CNCCCC. The summed E-state index contributed by atoms with van der Waals surface area (Å²) in [6, 6.07) is 0. The van der Waals surface area contributed by atoms with Crippen LogP contribution in [0.2, 0.25) is 0 Å². The van der Waals surface area contributed by atoms with Crippen molar-refractivity contribution in [1.29, 1.82) is 0 Å². The standard InChI is InChI=1S/C16H36N2O/c1-7-9-11-17-13-15(3,4)19-16(5,6)14-18-12-10-8-2/h17-18H,7-14H2,1-6H3. The Balaban J connectivity index is 3.93. The van der Waals surface area contributed by atoms with Gasteiger partial charge in [0.2, 0.25) is 0 Å². The highest BCUT2D eigenvalue weighted by Crippen LogP contribution is 2.19. The molecule has 0 aliphatic rings. The minimum absolute atomic E-state index is 0.121. The van der Waals surface area contributed by atoms with Crippen molar-refractivity contribution in [3.8, 4) is 0 Å². The molecule has 0 aromatic heterocycles. The van der Waals surface area contributed by atoms with Gasteiger partial charge in [0.05, 0.1) is 11.2 Å². The van der Waals surface area contributed by atoms with Crippen LogP contribution in [0, 0.1) is 0 Å². The molecule has 0 radical (unpaired) electrons. The number of hydrogen-bond donors (Lipinski definition) is 2. The van der Waals surface area contributed by atoms with E-state index in [1.54, 1.807) is 0 Å². The van der Waals surface area contributed by atoms with E-state index >= 15 is 0 Å². The van der Waals surface area contributed by atoms with E-state index in [2.05, 4.69) is 52.2 Å². The minimum Gasteiger partial charge on any atom is -0.367 e. The Morgan fingerprint density at radius 2 is 1.11 bits per heavy atom. The minimum atomic E-state index is -0.121. The second-order valence-electron chi connectivity index (χ2n) is 6.68. The van der Waals surface area contributed by atoms with Crippen LogP contribution in [0.25, 0.3) is 0 Å². The van der Waals surface area contributed by atoms with Gasteiger partial charge in [0.15, 0.2) is 0 Å². The summed E-state index contributed by atoms with van der Waals surface area (Å²) in [6.45, 7) is 17.1. The maximum Gasteiger partial charge on any atom is 0.0758 e. The van der Waals surface area contributed by atoms with Gasteiger partial charge in [-0.05, 0) is 53.6 Å². The van der Waals surface area contributed by atoms with Crippen molar-refractivity contribution in [2.75, 3.05) is 26.2 Å². The van der Waals surface area contributed by atoms with Crippen LogP contribution in [0.15, 0.2) is 0 Å². The third kappa shape index (κ3) is 11.4. The van der Waals surface area contributed by atoms with Crippen LogP contribution >= 0.6 is 0 Å². The van der Waals surface area contributed by atoms with Crippen molar-refractivity contribution >= 4 is 0 Å². The Labute approximate surface area is 120 Å². The fourth-order valence-electron chi connectivity index (χ4n) is 2.20. The molecule has 0 aromatic rings. The van der Waals surface area contributed by atoms with E-state index in [0.717, 1.165) is 26.2 Å². The third-order valence-electron chi connectivity index (χ3n) is 3.07. The van der Waals surface area contributed by atoms with Crippen LogP contribution in [0.3, 0.4) is 0 Å². The second-order valence-corrected chi connectivity index (χ2v) is 6.68. The van der Waals surface area contributed by atoms with Gasteiger partial charge in [-0.1, -0.05) is 26.7 Å². The Bertz CT molecular complexity index is 193. The monoisotopic (exact) mass is 272 g/mol. The van der Waals surface area contributed by atoms with Crippen LogP contribution < -0.4 is 10.6 Å². The zero-order valence-corrected chi connectivity index (χ0v) is 14.1. The van der Waals surface area contributed by atoms with Crippen molar-refractivity contribution in [2.24, 2.45) is 0 Å². The van der Waals surface area contributed by atoms with Crippen LogP contribution in [0.5, 0.6) is 0 Å². The van der Waals surface area contributed by atoms with E-state index in [1.165, 1.54) is 25.7 Å². The van der Waals surface area contributed by atoms with E-state index in [9.17, 15) is 0 Å².